The topological polar surface area (TPSA) is 87.4 Å². The highest BCUT2D eigenvalue weighted by Gasteiger charge is 2.24. The van der Waals surface area contributed by atoms with Crippen LogP contribution in [0.2, 0.25) is 0 Å². The molecule has 19 heavy (non-hydrogen) atoms. The predicted octanol–water partition coefficient (Wildman–Crippen LogP) is -0.171. The number of nitrogens with zero attached hydrogens (tertiary/aromatic N) is 2. The molecule has 0 saturated heterocycles. The van der Waals surface area contributed by atoms with Crippen molar-refractivity contribution in [3.05, 3.63) is 17.0 Å². The molecule has 1 aromatic heterocycles. The number of aliphatic hydroxyl groups is 2. The smallest absolute Gasteiger partial charge is 0.220 e. The number of rotatable bonds is 6. The summed E-state index contributed by atoms with van der Waals surface area (Å²) in [6.07, 6.45) is 0.910. The van der Waals surface area contributed by atoms with E-state index in [1.54, 1.807) is 11.6 Å². The molecule has 0 aromatic carbocycles. The van der Waals surface area contributed by atoms with Crippen LogP contribution in [0.3, 0.4) is 0 Å². The molecule has 0 fully saturated rings. The lowest BCUT2D eigenvalue weighted by Gasteiger charge is -2.26. The van der Waals surface area contributed by atoms with E-state index in [0.717, 1.165) is 17.0 Å². The second-order valence-electron chi connectivity index (χ2n) is 5.20. The number of nitrogens with one attached hydrogen (secondary N) is 1. The first-order chi connectivity index (χ1) is 8.83. The monoisotopic (exact) mass is 269 g/mol. The van der Waals surface area contributed by atoms with Crippen LogP contribution in [-0.4, -0.2) is 44.7 Å². The number of hydrogen-bond donors (Lipinski definition) is 3. The van der Waals surface area contributed by atoms with Gasteiger partial charge in [-0.05, 0) is 32.8 Å². The third-order valence-corrected chi connectivity index (χ3v) is 3.40. The van der Waals surface area contributed by atoms with Gasteiger partial charge in [0.15, 0.2) is 0 Å². The molecular formula is C13H23N3O3. The Morgan fingerprint density at radius 3 is 2.37 bits per heavy atom. The SMILES string of the molecule is Cc1nn(C)c(C)c1CCC(=O)NC(C)(CO)CO. The van der Waals surface area contributed by atoms with Crippen LogP contribution < -0.4 is 5.32 Å². The van der Waals surface area contributed by atoms with Gasteiger partial charge in [0.25, 0.3) is 0 Å². The van der Waals surface area contributed by atoms with Crippen LogP contribution in [0.4, 0.5) is 0 Å². The van der Waals surface area contributed by atoms with Gasteiger partial charge in [-0.1, -0.05) is 0 Å². The Morgan fingerprint density at radius 1 is 1.37 bits per heavy atom. The summed E-state index contributed by atoms with van der Waals surface area (Å²) in [5, 5.41) is 25.2. The molecule has 108 valence electrons. The van der Waals surface area contributed by atoms with Crippen LogP contribution in [0.25, 0.3) is 0 Å². The molecule has 0 aliphatic carbocycles. The van der Waals surface area contributed by atoms with Crippen molar-refractivity contribution in [1.29, 1.82) is 0 Å². The van der Waals surface area contributed by atoms with Gasteiger partial charge in [0.2, 0.25) is 5.91 Å². The van der Waals surface area contributed by atoms with Gasteiger partial charge < -0.3 is 15.5 Å². The summed E-state index contributed by atoms with van der Waals surface area (Å²) in [4.78, 5) is 11.8. The molecule has 1 rings (SSSR count). The average Bonchev–Trinajstić information content (AvgIpc) is 2.61. The standard InChI is InChI=1S/C13H23N3O3/c1-9-11(10(2)16(4)15-9)5-6-12(19)14-13(3,7-17)8-18/h17-18H,5-8H2,1-4H3,(H,14,19). The minimum absolute atomic E-state index is 0.187. The Kier molecular flexibility index (Phi) is 5.08. The molecule has 6 heteroatoms. The fourth-order valence-corrected chi connectivity index (χ4v) is 1.95. The third kappa shape index (κ3) is 3.78. The van der Waals surface area contributed by atoms with Crippen LogP contribution in [-0.2, 0) is 18.3 Å². The largest absolute Gasteiger partial charge is 0.394 e. The van der Waals surface area contributed by atoms with Crippen LogP contribution >= 0.6 is 0 Å². The van der Waals surface area contributed by atoms with Gasteiger partial charge in [-0.25, -0.2) is 0 Å². The molecule has 0 saturated carbocycles. The summed E-state index contributed by atoms with van der Waals surface area (Å²) in [6, 6.07) is 0. The van der Waals surface area contributed by atoms with E-state index in [9.17, 15) is 4.79 Å². The van der Waals surface area contributed by atoms with E-state index in [1.165, 1.54) is 0 Å². The van der Waals surface area contributed by atoms with E-state index in [2.05, 4.69) is 10.4 Å². The van der Waals surface area contributed by atoms with Crippen molar-refractivity contribution in [1.82, 2.24) is 15.1 Å². The van der Waals surface area contributed by atoms with Crippen molar-refractivity contribution in [2.75, 3.05) is 13.2 Å². The lowest BCUT2D eigenvalue weighted by molar-refractivity contribution is -0.124. The first-order valence-electron chi connectivity index (χ1n) is 6.35. The summed E-state index contributed by atoms with van der Waals surface area (Å²) in [5.74, 6) is -0.187. The molecular weight excluding hydrogens is 246 g/mol. The van der Waals surface area contributed by atoms with Gasteiger partial charge in [0.05, 0.1) is 24.4 Å². The van der Waals surface area contributed by atoms with Crippen molar-refractivity contribution < 1.29 is 15.0 Å². The summed E-state index contributed by atoms with van der Waals surface area (Å²) >= 11 is 0. The van der Waals surface area contributed by atoms with Gasteiger partial charge in [-0.3, -0.25) is 9.48 Å². The minimum Gasteiger partial charge on any atom is -0.394 e. The second-order valence-corrected chi connectivity index (χ2v) is 5.20. The zero-order chi connectivity index (χ0) is 14.6. The molecule has 6 nitrogen and oxygen atoms in total. The minimum atomic E-state index is -0.962. The van der Waals surface area contributed by atoms with E-state index < -0.39 is 5.54 Å². The van der Waals surface area contributed by atoms with Gasteiger partial charge in [-0.2, -0.15) is 5.10 Å². The van der Waals surface area contributed by atoms with Gasteiger partial charge in [0.1, 0.15) is 0 Å². The summed E-state index contributed by atoms with van der Waals surface area (Å²) in [7, 11) is 1.88. The van der Waals surface area contributed by atoms with Crippen LogP contribution in [0.1, 0.15) is 30.3 Å². The molecule has 0 aliphatic heterocycles. The van der Waals surface area contributed by atoms with E-state index >= 15 is 0 Å². The average molecular weight is 269 g/mol. The van der Waals surface area contributed by atoms with E-state index in [0.29, 0.717) is 12.8 Å². The van der Waals surface area contributed by atoms with Gasteiger partial charge in [-0.15, -0.1) is 0 Å². The number of amides is 1. The molecule has 1 aromatic rings. The van der Waals surface area contributed by atoms with Crippen molar-refractivity contribution in [3.8, 4) is 0 Å². The lowest BCUT2D eigenvalue weighted by atomic mass is 10.0. The number of hydrogen-bond acceptors (Lipinski definition) is 4. The van der Waals surface area contributed by atoms with Crippen molar-refractivity contribution in [3.63, 3.8) is 0 Å². The quantitative estimate of drug-likeness (QED) is 0.669. The Balaban J connectivity index is 2.60. The Bertz CT molecular complexity index is 450. The molecule has 0 spiro atoms. The fraction of sp³-hybridized carbons (Fsp3) is 0.692. The predicted molar refractivity (Wildman–Crippen MR) is 71.7 cm³/mol. The maximum atomic E-state index is 11.8. The molecule has 0 bridgehead atoms. The lowest BCUT2D eigenvalue weighted by Crippen LogP contribution is -2.51. The number of aromatic nitrogens is 2. The zero-order valence-corrected chi connectivity index (χ0v) is 12.0. The molecule has 1 heterocycles. The van der Waals surface area contributed by atoms with Gasteiger partial charge >= 0.3 is 0 Å². The Labute approximate surface area is 113 Å². The second kappa shape index (κ2) is 6.16. The van der Waals surface area contributed by atoms with Crippen LogP contribution in [0.15, 0.2) is 0 Å². The Morgan fingerprint density at radius 2 is 1.95 bits per heavy atom. The summed E-state index contributed by atoms with van der Waals surface area (Å²) < 4.78 is 1.80. The molecule has 0 aliphatic rings. The van der Waals surface area contributed by atoms with Crippen LogP contribution in [0.5, 0.6) is 0 Å². The highest BCUT2D eigenvalue weighted by atomic mass is 16.3. The van der Waals surface area contributed by atoms with E-state index in [-0.39, 0.29) is 19.1 Å². The Hall–Kier alpha value is -1.40. The normalized spacial score (nSPS) is 11.7. The maximum Gasteiger partial charge on any atom is 0.220 e. The summed E-state index contributed by atoms with van der Waals surface area (Å²) in [5.41, 5.74) is 2.10. The third-order valence-electron chi connectivity index (χ3n) is 3.40. The number of aryl methyl sites for hydroxylation is 2. The molecule has 0 unspecified atom stereocenters. The van der Waals surface area contributed by atoms with Crippen LogP contribution in [0, 0.1) is 13.8 Å². The molecule has 0 radical (unpaired) electrons. The number of carbonyl (C=O) groups excluding carboxylic acids is 1. The molecule has 0 atom stereocenters. The first-order valence-corrected chi connectivity index (χ1v) is 6.35. The highest BCUT2D eigenvalue weighted by Crippen LogP contribution is 2.14. The molecule has 3 N–H and O–H groups in total. The van der Waals surface area contributed by atoms with Crippen molar-refractivity contribution >= 4 is 5.91 Å². The van der Waals surface area contributed by atoms with E-state index in [1.807, 2.05) is 20.9 Å². The van der Waals surface area contributed by atoms with E-state index in [4.69, 9.17) is 10.2 Å². The molecule has 1 amide bonds. The number of carbonyl (C=O) groups is 1. The fourth-order valence-electron chi connectivity index (χ4n) is 1.95. The highest BCUT2D eigenvalue weighted by molar-refractivity contribution is 5.77. The summed E-state index contributed by atoms with van der Waals surface area (Å²) in [6.45, 7) is 4.91. The maximum absolute atomic E-state index is 11.8. The van der Waals surface area contributed by atoms with Crippen molar-refractivity contribution in [2.24, 2.45) is 7.05 Å². The van der Waals surface area contributed by atoms with Gasteiger partial charge in [0, 0.05) is 19.2 Å². The number of aliphatic hydroxyl groups excluding tert-OH is 2. The van der Waals surface area contributed by atoms with Crippen molar-refractivity contribution in [2.45, 2.75) is 39.2 Å². The first kappa shape index (κ1) is 15.7. The zero-order valence-electron chi connectivity index (χ0n) is 12.0.